The van der Waals surface area contributed by atoms with Crippen molar-refractivity contribution in [1.29, 1.82) is 0 Å². The van der Waals surface area contributed by atoms with E-state index in [1.165, 1.54) is 0 Å². The summed E-state index contributed by atoms with van der Waals surface area (Å²) >= 11 is 30.8. The van der Waals surface area contributed by atoms with Gasteiger partial charge in [0, 0.05) is 5.33 Å². The van der Waals surface area contributed by atoms with Crippen LogP contribution in [0.4, 0.5) is 0 Å². The van der Waals surface area contributed by atoms with Gasteiger partial charge in [-0.15, -0.1) is 23.2 Å². The fourth-order valence-corrected chi connectivity index (χ4v) is 1.80. The standard InChI is InChI=1S/C4H4BrCl5/c5-1-2(6)3(7)4(8,9)10/h2-3H,1H2. The fourth-order valence-electron chi connectivity index (χ4n) is 0.283. The normalized spacial score (nSPS) is 18.6. The summed E-state index contributed by atoms with van der Waals surface area (Å²) in [7, 11) is 0. The van der Waals surface area contributed by atoms with Crippen LogP contribution in [0.2, 0.25) is 0 Å². The minimum Gasteiger partial charge on any atom is -0.120 e. The Balaban J connectivity index is 3.94. The quantitative estimate of drug-likeness (QED) is 0.677. The van der Waals surface area contributed by atoms with Crippen molar-refractivity contribution < 1.29 is 0 Å². The van der Waals surface area contributed by atoms with Gasteiger partial charge >= 0.3 is 0 Å². The highest BCUT2D eigenvalue weighted by molar-refractivity contribution is 9.09. The molecule has 0 saturated heterocycles. The molecule has 0 spiro atoms. The van der Waals surface area contributed by atoms with Crippen molar-refractivity contribution in [2.45, 2.75) is 14.5 Å². The molecule has 0 aliphatic carbocycles. The van der Waals surface area contributed by atoms with Crippen LogP contribution in [-0.2, 0) is 0 Å². The van der Waals surface area contributed by atoms with Crippen LogP contribution in [0.25, 0.3) is 0 Å². The monoisotopic (exact) mass is 306 g/mol. The molecule has 0 aliphatic rings. The molecule has 0 bridgehead atoms. The van der Waals surface area contributed by atoms with Crippen molar-refractivity contribution in [2.75, 3.05) is 5.33 Å². The molecule has 0 saturated carbocycles. The van der Waals surface area contributed by atoms with E-state index in [0.717, 1.165) is 0 Å². The zero-order chi connectivity index (χ0) is 8.36. The summed E-state index contributed by atoms with van der Waals surface area (Å²) in [6.45, 7) is 0. The highest BCUT2D eigenvalue weighted by Gasteiger charge is 2.35. The van der Waals surface area contributed by atoms with E-state index in [4.69, 9.17) is 58.0 Å². The summed E-state index contributed by atoms with van der Waals surface area (Å²) in [6.07, 6.45) is 0. The molecule has 0 nitrogen and oxygen atoms in total. The molecule has 0 amide bonds. The summed E-state index contributed by atoms with van der Waals surface area (Å²) in [5.41, 5.74) is 0. The highest BCUT2D eigenvalue weighted by atomic mass is 79.9. The lowest BCUT2D eigenvalue weighted by molar-refractivity contribution is 0.854. The van der Waals surface area contributed by atoms with Crippen molar-refractivity contribution in [1.82, 2.24) is 0 Å². The van der Waals surface area contributed by atoms with Crippen molar-refractivity contribution in [3.8, 4) is 0 Å². The summed E-state index contributed by atoms with van der Waals surface area (Å²) in [6, 6.07) is 0. The van der Waals surface area contributed by atoms with Gasteiger partial charge in [-0.05, 0) is 0 Å². The van der Waals surface area contributed by atoms with Gasteiger partial charge in [0.15, 0.2) is 0 Å². The average Bonchev–Trinajstić information content (AvgIpc) is 1.83. The minimum absolute atomic E-state index is 0.380. The van der Waals surface area contributed by atoms with Crippen LogP contribution in [0.5, 0.6) is 0 Å². The lowest BCUT2D eigenvalue weighted by Gasteiger charge is -2.20. The molecule has 0 aromatic heterocycles. The fraction of sp³-hybridized carbons (Fsp3) is 1.00. The van der Waals surface area contributed by atoms with Crippen LogP contribution >= 0.6 is 73.9 Å². The molecule has 0 rings (SSSR count). The van der Waals surface area contributed by atoms with Crippen LogP contribution in [-0.4, -0.2) is 19.9 Å². The average molecular weight is 309 g/mol. The van der Waals surface area contributed by atoms with Crippen LogP contribution in [0.1, 0.15) is 0 Å². The summed E-state index contributed by atoms with van der Waals surface area (Å²) in [4.78, 5) is 0. The molecule has 0 aliphatic heterocycles. The summed E-state index contributed by atoms with van der Waals surface area (Å²) < 4.78 is -1.50. The number of halogens is 6. The SMILES string of the molecule is ClC(CBr)C(Cl)C(Cl)(Cl)Cl. The predicted molar refractivity (Wildman–Crippen MR) is 53.4 cm³/mol. The van der Waals surface area contributed by atoms with E-state index in [9.17, 15) is 0 Å². The van der Waals surface area contributed by atoms with Crippen molar-refractivity contribution in [2.24, 2.45) is 0 Å². The molecule has 2 atom stereocenters. The Morgan fingerprint density at radius 3 is 1.70 bits per heavy atom. The highest BCUT2D eigenvalue weighted by Crippen LogP contribution is 2.37. The molecular formula is C4H4BrCl5. The van der Waals surface area contributed by atoms with Gasteiger partial charge in [-0.2, -0.15) is 0 Å². The van der Waals surface area contributed by atoms with Gasteiger partial charge in [0.1, 0.15) is 0 Å². The third kappa shape index (κ3) is 4.08. The van der Waals surface area contributed by atoms with Crippen molar-refractivity contribution in [3.63, 3.8) is 0 Å². The maximum absolute atomic E-state index is 5.67. The van der Waals surface area contributed by atoms with E-state index in [-0.39, 0.29) is 5.38 Å². The lowest BCUT2D eigenvalue weighted by Crippen LogP contribution is -2.30. The van der Waals surface area contributed by atoms with E-state index in [1.54, 1.807) is 0 Å². The smallest absolute Gasteiger partial charge is 0.120 e. The second-order valence-corrected chi connectivity index (χ2v) is 5.66. The van der Waals surface area contributed by atoms with Crippen LogP contribution in [0.3, 0.4) is 0 Å². The zero-order valence-corrected chi connectivity index (χ0v) is 10.00. The Kier molecular flexibility index (Phi) is 5.77. The zero-order valence-electron chi connectivity index (χ0n) is 4.63. The van der Waals surface area contributed by atoms with Crippen LogP contribution < -0.4 is 0 Å². The Labute approximate surface area is 93.2 Å². The second kappa shape index (κ2) is 4.84. The first kappa shape index (κ1) is 11.9. The third-order valence-electron chi connectivity index (χ3n) is 0.778. The molecule has 0 aromatic carbocycles. The van der Waals surface area contributed by atoms with E-state index in [0.29, 0.717) is 5.33 Å². The van der Waals surface area contributed by atoms with E-state index >= 15 is 0 Å². The predicted octanol–water partition coefficient (Wildman–Crippen LogP) is 3.97. The van der Waals surface area contributed by atoms with Crippen LogP contribution in [0, 0.1) is 0 Å². The minimum atomic E-state index is -1.50. The molecule has 6 heteroatoms. The topological polar surface area (TPSA) is 0 Å². The van der Waals surface area contributed by atoms with Gasteiger partial charge in [-0.3, -0.25) is 0 Å². The third-order valence-corrected chi connectivity index (χ3v) is 4.06. The first-order chi connectivity index (χ1) is 4.39. The maximum Gasteiger partial charge on any atom is 0.208 e. The van der Waals surface area contributed by atoms with Crippen molar-refractivity contribution >= 4 is 73.9 Å². The second-order valence-electron chi connectivity index (χ2n) is 1.61. The molecule has 0 fully saturated rings. The van der Waals surface area contributed by atoms with E-state index in [2.05, 4.69) is 15.9 Å². The lowest BCUT2D eigenvalue weighted by atomic mass is 10.3. The Morgan fingerprint density at radius 1 is 1.20 bits per heavy atom. The molecule has 62 valence electrons. The van der Waals surface area contributed by atoms with Gasteiger partial charge in [0.2, 0.25) is 3.79 Å². The number of alkyl halides is 6. The van der Waals surface area contributed by atoms with Gasteiger partial charge in [0.25, 0.3) is 0 Å². The Morgan fingerprint density at radius 2 is 1.60 bits per heavy atom. The number of hydrogen-bond acceptors (Lipinski definition) is 0. The summed E-state index contributed by atoms with van der Waals surface area (Å²) in [5.74, 6) is 0. The van der Waals surface area contributed by atoms with E-state index < -0.39 is 9.17 Å². The number of hydrogen-bond donors (Lipinski definition) is 0. The van der Waals surface area contributed by atoms with Crippen LogP contribution in [0.15, 0.2) is 0 Å². The molecule has 10 heavy (non-hydrogen) atoms. The maximum atomic E-state index is 5.67. The molecule has 0 aromatic rings. The number of rotatable bonds is 2. The molecular weight excluding hydrogens is 305 g/mol. The summed E-state index contributed by atoms with van der Waals surface area (Å²) in [5, 5.41) is -0.566. The molecule has 0 N–H and O–H groups in total. The van der Waals surface area contributed by atoms with Gasteiger partial charge in [0.05, 0.1) is 10.8 Å². The first-order valence-electron chi connectivity index (χ1n) is 2.30. The van der Waals surface area contributed by atoms with Gasteiger partial charge in [-0.25, -0.2) is 0 Å². The first-order valence-corrected chi connectivity index (χ1v) is 5.43. The largest absolute Gasteiger partial charge is 0.208 e. The molecule has 0 radical (unpaired) electrons. The molecule has 0 heterocycles. The van der Waals surface area contributed by atoms with Gasteiger partial charge < -0.3 is 0 Å². The van der Waals surface area contributed by atoms with Crippen molar-refractivity contribution in [3.05, 3.63) is 0 Å². The molecule has 2 unspecified atom stereocenters. The Hall–Kier alpha value is 1.93. The van der Waals surface area contributed by atoms with E-state index in [1.807, 2.05) is 0 Å². The van der Waals surface area contributed by atoms with Gasteiger partial charge in [-0.1, -0.05) is 50.7 Å². The Bertz CT molecular complexity index is 100.